The van der Waals surface area contributed by atoms with E-state index in [0.29, 0.717) is 5.78 Å². The van der Waals surface area contributed by atoms with Gasteiger partial charge in [0.15, 0.2) is 5.82 Å². The van der Waals surface area contributed by atoms with Crippen molar-refractivity contribution in [1.82, 2.24) is 19.2 Å². The molecule has 0 atom stereocenters. The van der Waals surface area contributed by atoms with E-state index in [4.69, 9.17) is 4.98 Å². The second-order valence-corrected chi connectivity index (χ2v) is 5.58. The van der Waals surface area contributed by atoms with Gasteiger partial charge in [0.2, 0.25) is 0 Å². The average Bonchev–Trinajstić information content (AvgIpc) is 3.19. The molecule has 0 N–H and O–H groups in total. The second-order valence-electron chi connectivity index (χ2n) is 5.58. The van der Waals surface area contributed by atoms with Crippen molar-refractivity contribution in [3.05, 3.63) is 84.9 Å². The third-order valence-electron chi connectivity index (χ3n) is 4.10. The van der Waals surface area contributed by atoms with Crippen molar-refractivity contribution >= 4 is 16.8 Å². The minimum Gasteiger partial charge on any atom is -0.227 e. The van der Waals surface area contributed by atoms with Crippen LogP contribution in [0.1, 0.15) is 0 Å². The molecule has 0 aliphatic heterocycles. The molecule has 0 bridgehead atoms. The SMILES string of the molecule is [c]1ccc(-c2nc3nc4ccccc4n3n2-c2ccccc2)cc1. The van der Waals surface area contributed by atoms with Crippen LogP contribution in [0, 0.1) is 6.07 Å². The van der Waals surface area contributed by atoms with E-state index < -0.39 is 0 Å². The van der Waals surface area contributed by atoms with Gasteiger partial charge in [0.25, 0.3) is 5.78 Å². The Kier molecular flexibility index (Phi) is 2.76. The molecule has 24 heavy (non-hydrogen) atoms. The van der Waals surface area contributed by atoms with Crippen LogP contribution >= 0.6 is 0 Å². The summed E-state index contributed by atoms with van der Waals surface area (Å²) in [5.41, 5.74) is 4.06. The van der Waals surface area contributed by atoms with Crippen molar-refractivity contribution in [3.63, 3.8) is 0 Å². The summed E-state index contributed by atoms with van der Waals surface area (Å²) in [6.07, 6.45) is 0. The first kappa shape index (κ1) is 13.1. The summed E-state index contributed by atoms with van der Waals surface area (Å²) >= 11 is 0. The van der Waals surface area contributed by atoms with Crippen LogP contribution in [0.2, 0.25) is 0 Å². The largest absolute Gasteiger partial charge is 0.252 e. The fourth-order valence-corrected chi connectivity index (χ4v) is 3.04. The van der Waals surface area contributed by atoms with Gasteiger partial charge in [-0.05, 0) is 30.3 Å². The lowest BCUT2D eigenvalue weighted by Crippen LogP contribution is -2.04. The maximum atomic E-state index is 4.80. The lowest BCUT2D eigenvalue weighted by molar-refractivity contribution is 0.833. The highest BCUT2D eigenvalue weighted by atomic mass is 15.4. The van der Waals surface area contributed by atoms with Crippen molar-refractivity contribution < 1.29 is 0 Å². The zero-order valence-corrected chi connectivity index (χ0v) is 12.8. The molecule has 3 aromatic carbocycles. The maximum absolute atomic E-state index is 4.80. The van der Waals surface area contributed by atoms with E-state index in [1.807, 2.05) is 60.7 Å². The van der Waals surface area contributed by atoms with Gasteiger partial charge >= 0.3 is 0 Å². The van der Waals surface area contributed by atoms with Gasteiger partial charge in [-0.25, -0.2) is 14.2 Å². The van der Waals surface area contributed by atoms with Crippen molar-refractivity contribution in [3.8, 4) is 17.1 Å². The van der Waals surface area contributed by atoms with Gasteiger partial charge in [-0.2, -0.15) is 4.98 Å². The lowest BCUT2D eigenvalue weighted by Gasteiger charge is -2.09. The van der Waals surface area contributed by atoms with Gasteiger partial charge in [0.1, 0.15) is 0 Å². The third kappa shape index (κ3) is 1.86. The summed E-state index contributed by atoms with van der Waals surface area (Å²) in [7, 11) is 0. The van der Waals surface area contributed by atoms with E-state index >= 15 is 0 Å². The van der Waals surface area contributed by atoms with Crippen LogP contribution in [0.5, 0.6) is 0 Å². The van der Waals surface area contributed by atoms with Crippen molar-refractivity contribution in [1.29, 1.82) is 0 Å². The molecular formula is C20H13N4. The van der Waals surface area contributed by atoms with E-state index in [1.54, 1.807) is 0 Å². The van der Waals surface area contributed by atoms with E-state index in [0.717, 1.165) is 28.1 Å². The number of para-hydroxylation sites is 3. The Labute approximate surface area is 138 Å². The van der Waals surface area contributed by atoms with Crippen LogP contribution in [0.4, 0.5) is 0 Å². The Morgan fingerprint density at radius 1 is 0.750 bits per heavy atom. The lowest BCUT2D eigenvalue weighted by atomic mass is 10.2. The van der Waals surface area contributed by atoms with Crippen molar-refractivity contribution in [2.24, 2.45) is 0 Å². The molecule has 2 aromatic heterocycles. The van der Waals surface area contributed by atoms with Crippen molar-refractivity contribution in [2.45, 2.75) is 0 Å². The monoisotopic (exact) mass is 309 g/mol. The maximum Gasteiger partial charge on any atom is 0.252 e. The number of imidazole rings is 1. The predicted molar refractivity (Wildman–Crippen MR) is 94.1 cm³/mol. The third-order valence-corrected chi connectivity index (χ3v) is 4.10. The normalized spacial score (nSPS) is 11.3. The fourth-order valence-electron chi connectivity index (χ4n) is 3.04. The average molecular weight is 309 g/mol. The zero-order valence-electron chi connectivity index (χ0n) is 12.8. The van der Waals surface area contributed by atoms with Gasteiger partial charge in [0.05, 0.1) is 16.7 Å². The van der Waals surface area contributed by atoms with Gasteiger partial charge < -0.3 is 0 Å². The van der Waals surface area contributed by atoms with E-state index in [9.17, 15) is 0 Å². The number of fused-ring (bicyclic) bond motifs is 3. The molecule has 2 heterocycles. The molecule has 4 nitrogen and oxygen atoms in total. The Morgan fingerprint density at radius 2 is 1.50 bits per heavy atom. The van der Waals surface area contributed by atoms with Gasteiger partial charge in [-0.3, -0.25) is 0 Å². The Bertz CT molecular complexity index is 1140. The standard InChI is InChI=1S/C20H13N4/c1-3-9-15(10-4-1)19-22-20-21-17-13-7-8-14-18(17)24(20)23(19)16-11-5-2-6-12-16/h2-14H. The first-order valence-electron chi connectivity index (χ1n) is 7.80. The summed E-state index contributed by atoms with van der Waals surface area (Å²) in [5.74, 6) is 1.56. The van der Waals surface area contributed by atoms with E-state index in [1.165, 1.54) is 0 Å². The highest BCUT2D eigenvalue weighted by Gasteiger charge is 2.17. The minimum atomic E-state index is 0.697. The molecule has 5 rings (SSSR count). The van der Waals surface area contributed by atoms with Gasteiger partial charge in [-0.1, -0.05) is 54.6 Å². The number of nitrogens with zero attached hydrogens (tertiary/aromatic N) is 4. The number of hydrogen-bond donors (Lipinski definition) is 0. The summed E-state index contributed by atoms with van der Waals surface area (Å²) in [4.78, 5) is 9.47. The number of benzene rings is 3. The smallest absolute Gasteiger partial charge is 0.227 e. The van der Waals surface area contributed by atoms with Crippen LogP contribution < -0.4 is 0 Å². The molecule has 0 aliphatic rings. The summed E-state index contributed by atoms with van der Waals surface area (Å²) in [6, 6.07) is 29.2. The van der Waals surface area contributed by atoms with Crippen molar-refractivity contribution in [2.75, 3.05) is 0 Å². The second kappa shape index (κ2) is 5.06. The molecule has 0 aliphatic carbocycles. The molecule has 0 fully saturated rings. The molecule has 0 saturated carbocycles. The number of hydrogen-bond acceptors (Lipinski definition) is 2. The van der Waals surface area contributed by atoms with Crippen LogP contribution in [0.25, 0.3) is 33.9 Å². The molecule has 1 radical (unpaired) electrons. The molecule has 4 heteroatoms. The number of rotatable bonds is 2. The topological polar surface area (TPSA) is 35.1 Å². The molecule has 113 valence electrons. The summed E-state index contributed by atoms with van der Waals surface area (Å²) in [6.45, 7) is 0. The first-order valence-corrected chi connectivity index (χ1v) is 7.80. The van der Waals surface area contributed by atoms with Crippen LogP contribution in [0.15, 0.2) is 78.9 Å². The molecule has 0 unspecified atom stereocenters. The first-order chi connectivity index (χ1) is 11.9. The van der Waals surface area contributed by atoms with Crippen LogP contribution in [-0.2, 0) is 0 Å². The minimum absolute atomic E-state index is 0.697. The fraction of sp³-hybridized carbons (Fsp3) is 0. The summed E-state index contributed by atoms with van der Waals surface area (Å²) < 4.78 is 4.18. The molecule has 0 spiro atoms. The molecule has 5 aromatic rings. The Hall–Kier alpha value is -3.40. The van der Waals surface area contributed by atoms with Gasteiger partial charge in [0, 0.05) is 5.56 Å². The highest BCUT2D eigenvalue weighted by molar-refractivity contribution is 5.80. The Morgan fingerprint density at radius 3 is 2.33 bits per heavy atom. The number of aromatic nitrogens is 4. The Balaban J connectivity index is 1.93. The van der Waals surface area contributed by atoms with Crippen LogP contribution in [-0.4, -0.2) is 19.2 Å². The molecular weight excluding hydrogens is 296 g/mol. The summed E-state index contributed by atoms with van der Waals surface area (Å²) in [5, 5.41) is 0. The van der Waals surface area contributed by atoms with E-state index in [2.05, 4.69) is 38.4 Å². The van der Waals surface area contributed by atoms with E-state index in [-0.39, 0.29) is 0 Å². The molecule has 0 saturated heterocycles. The molecule has 0 amide bonds. The highest BCUT2D eigenvalue weighted by Crippen LogP contribution is 2.26. The van der Waals surface area contributed by atoms with Gasteiger partial charge in [-0.15, -0.1) is 0 Å². The zero-order chi connectivity index (χ0) is 15.9. The van der Waals surface area contributed by atoms with Crippen LogP contribution in [0.3, 0.4) is 0 Å². The predicted octanol–water partition coefficient (Wildman–Crippen LogP) is 4.14. The quantitative estimate of drug-likeness (QED) is 0.491.